The van der Waals surface area contributed by atoms with Gasteiger partial charge in [0, 0.05) is 51.9 Å². The Bertz CT molecular complexity index is 635. The Hall–Kier alpha value is -1.76. The number of piperidine rings is 1. The Balaban J connectivity index is 1.58. The quantitative estimate of drug-likeness (QED) is 0.487. The van der Waals surface area contributed by atoms with Crippen LogP contribution in [0.1, 0.15) is 52.4 Å². The molecular formula is C23H38N6. The van der Waals surface area contributed by atoms with E-state index in [1.165, 1.54) is 45.3 Å². The van der Waals surface area contributed by atoms with Crippen LogP contribution in [0.25, 0.3) is 4.85 Å². The van der Waals surface area contributed by atoms with E-state index in [2.05, 4.69) is 51.4 Å². The fraction of sp³-hybridized carbons (Fsp3) is 0.826. The van der Waals surface area contributed by atoms with E-state index < -0.39 is 0 Å². The van der Waals surface area contributed by atoms with Crippen molar-refractivity contribution < 1.29 is 0 Å². The number of allylic oxidation sites excluding steroid dienone is 1. The highest BCUT2D eigenvalue weighted by Crippen LogP contribution is 2.27. The van der Waals surface area contributed by atoms with E-state index in [0.717, 1.165) is 56.8 Å². The molecule has 0 saturated carbocycles. The normalized spacial score (nSPS) is 27.6. The number of hydrogen-bond acceptors (Lipinski definition) is 5. The molecule has 3 aliphatic heterocycles. The first-order valence-corrected chi connectivity index (χ1v) is 11.5. The standard InChI is InChI=1S/C23H38N6/c1-19-7-5-11-27(19)16-15-26(4)23(22(17-24)25-3)28-13-9-21(10-14-28)18-29-12-6-8-20(29)2/h19-21H,5-16,18H2,1-2,4H3/t19-,20?/m1/s1. The molecule has 3 saturated heterocycles. The molecular weight excluding hydrogens is 360 g/mol. The molecule has 3 aliphatic rings. The van der Waals surface area contributed by atoms with Gasteiger partial charge in [-0.2, -0.15) is 0 Å². The summed E-state index contributed by atoms with van der Waals surface area (Å²) in [6.07, 6.45) is 7.54. The number of nitriles is 1. The molecule has 0 bridgehead atoms. The minimum Gasteiger partial charge on any atom is -0.368 e. The Morgan fingerprint density at radius 2 is 1.66 bits per heavy atom. The van der Waals surface area contributed by atoms with Crippen LogP contribution in [-0.2, 0) is 0 Å². The maximum atomic E-state index is 9.58. The first-order chi connectivity index (χ1) is 14.0. The van der Waals surface area contributed by atoms with Gasteiger partial charge in [0.15, 0.2) is 0 Å². The van der Waals surface area contributed by atoms with Gasteiger partial charge in [0.05, 0.1) is 12.6 Å². The SMILES string of the molecule is [C-]#[N+]C(C#N)=C(N(C)CCN1CCC[C@H]1C)N1CCC(CN2CCCC2C)CC1. The van der Waals surface area contributed by atoms with Crippen LogP contribution in [0.15, 0.2) is 11.5 Å². The van der Waals surface area contributed by atoms with Crippen LogP contribution in [0.4, 0.5) is 0 Å². The number of rotatable bonds is 7. The summed E-state index contributed by atoms with van der Waals surface area (Å²) in [5, 5.41) is 9.58. The molecule has 0 N–H and O–H groups in total. The van der Waals surface area contributed by atoms with Gasteiger partial charge in [-0.15, -0.1) is 0 Å². The second-order valence-corrected chi connectivity index (χ2v) is 9.26. The molecule has 6 nitrogen and oxygen atoms in total. The molecule has 0 amide bonds. The third-order valence-electron chi connectivity index (χ3n) is 7.30. The summed E-state index contributed by atoms with van der Waals surface area (Å²) in [6.45, 7) is 19.6. The van der Waals surface area contributed by atoms with Gasteiger partial charge in [0.2, 0.25) is 0 Å². The van der Waals surface area contributed by atoms with E-state index >= 15 is 0 Å². The van der Waals surface area contributed by atoms with Crippen molar-refractivity contribution in [2.75, 3.05) is 52.9 Å². The summed E-state index contributed by atoms with van der Waals surface area (Å²) < 4.78 is 0. The smallest absolute Gasteiger partial charge is 0.300 e. The Kier molecular flexibility index (Phi) is 7.81. The third kappa shape index (κ3) is 5.44. The van der Waals surface area contributed by atoms with Crippen molar-refractivity contribution in [1.29, 1.82) is 5.26 Å². The summed E-state index contributed by atoms with van der Waals surface area (Å²) in [5.74, 6) is 1.59. The highest BCUT2D eigenvalue weighted by atomic mass is 15.3. The highest BCUT2D eigenvalue weighted by molar-refractivity contribution is 5.32. The zero-order chi connectivity index (χ0) is 20.8. The highest BCUT2D eigenvalue weighted by Gasteiger charge is 2.29. The van der Waals surface area contributed by atoms with E-state index in [9.17, 15) is 5.26 Å². The second-order valence-electron chi connectivity index (χ2n) is 9.26. The third-order valence-corrected chi connectivity index (χ3v) is 7.30. The van der Waals surface area contributed by atoms with Crippen LogP contribution < -0.4 is 0 Å². The van der Waals surface area contributed by atoms with Crippen LogP contribution in [0, 0.1) is 23.8 Å². The molecule has 0 aliphatic carbocycles. The Labute approximate surface area is 177 Å². The van der Waals surface area contributed by atoms with E-state index in [-0.39, 0.29) is 5.70 Å². The summed E-state index contributed by atoms with van der Waals surface area (Å²) in [6, 6.07) is 3.54. The molecule has 0 aromatic carbocycles. The molecule has 160 valence electrons. The van der Waals surface area contributed by atoms with Gasteiger partial charge in [-0.3, -0.25) is 4.90 Å². The maximum absolute atomic E-state index is 9.58. The van der Waals surface area contributed by atoms with Crippen molar-refractivity contribution in [3.05, 3.63) is 22.9 Å². The predicted molar refractivity (Wildman–Crippen MR) is 117 cm³/mol. The molecule has 3 heterocycles. The van der Waals surface area contributed by atoms with Crippen LogP contribution in [0.3, 0.4) is 0 Å². The zero-order valence-corrected chi connectivity index (χ0v) is 18.6. The molecule has 6 heteroatoms. The molecule has 0 spiro atoms. The van der Waals surface area contributed by atoms with Crippen molar-refractivity contribution in [1.82, 2.24) is 19.6 Å². The lowest BCUT2D eigenvalue weighted by Gasteiger charge is -2.40. The monoisotopic (exact) mass is 398 g/mol. The number of nitrogens with zero attached hydrogens (tertiary/aromatic N) is 6. The van der Waals surface area contributed by atoms with Gasteiger partial charge in [-0.05, 0) is 71.4 Å². The topological polar surface area (TPSA) is 41.1 Å². The van der Waals surface area contributed by atoms with Gasteiger partial charge < -0.3 is 14.7 Å². The van der Waals surface area contributed by atoms with Gasteiger partial charge in [0.25, 0.3) is 0 Å². The first-order valence-electron chi connectivity index (χ1n) is 11.5. The van der Waals surface area contributed by atoms with Crippen LogP contribution >= 0.6 is 0 Å². The van der Waals surface area contributed by atoms with Crippen LogP contribution in [0.2, 0.25) is 0 Å². The minimum atomic E-state index is 0.244. The summed E-state index contributed by atoms with van der Waals surface area (Å²) >= 11 is 0. The van der Waals surface area contributed by atoms with Gasteiger partial charge in [-0.1, -0.05) is 0 Å². The lowest BCUT2D eigenvalue weighted by Crippen LogP contribution is -2.44. The molecule has 3 fully saturated rings. The molecule has 0 aromatic heterocycles. The lowest BCUT2D eigenvalue weighted by atomic mass is 9.95. The average molecular weight is 399 g/mol. The van der Waals surface area contributed by atoms with E-state index in [1.54, 1.807) is 0 Å². The Morgan fingerprint density at radius 3 is 2.17 bits per heavy atom. The predicted octanol–water partition coefficient (Wildman–Crippen LogP) is 3.21. The van der Waals surface area contributed by atoms with Crippen molar-refractivity contribution >= 4 is 0 Å². The minimum absolute atomic E-state index is 0.244. The first kappa shape index (κ1) is 21.9. The molecule has 29 heavy (non-hydrogen) atoms. The van der Waals surface area contributed by atoms with Crippen LogP contribution in [-0.4, -0.2) is 84.5 Å². The fourth-order valence-electron chi connectivity index (χ4n) is 5.33. The summed E-state index contributed by atoms with van der Waals surface area (Å²) in [5.41, 5.74) is 0.244. The van der Waals surface area contributed by atoms with Crippen molar-refractivity contribution in [2.45, 2.75) is 64.5 Å². The number of likely N-dealkylation sites (tertiary alicyclic amines) is 3. The average Bonchev–Trinajstić information content (AvgIpc) is 3.33. The van der Waals surface area contributed by atoms with E-state index in [0.29, 0.717) is 6.04 Å². The molecule has 1 unspecified atom stereocenters. The van der Waals surface area contributed by atoms with E-state index in [4.69, 9.17) is 6.57 Å². The van der Waals surface area contributed by atoms with Crippen molar-refractivity contribution in [2.24, 2.45) is 5.92 Å². The second kappa shape index (κ2) is 10.3. The lowest BCUT2D eigenvalue weighted by molar-refractivity contribution is 0.131. The number of likely N-dealkylation sites (N-methyl/N-ethyl adjacent to an activating group) is 1. The molecule has 0 aromatic rings. The zero-order valence-electron chi connectivity index (χ0n) is 18.6. The van der Waals surface area contributed by atoms with Gasteiger partial charge in [-0.25, -0.2) is 10.1 Å². The van der Waals surface area contributed by atoms with Gasteiger partial charge in [0.1, 0.15) is 5.82 Å². The maximum Gasteiger partial charge on any atom is 0.300 e. The summed E-state index contributed by atoms with van der Waals surface area (Å²) in [7, 11) is 2.05. The molecule has 3 rings (SSSR count). The Morgan fingerprint density at radius 1 is 1.03 bits per heavy atom. The largest absolute Gasteiger partial charge is 0.368 e. The van der Waals surface area contributed by atoms with Crippen molar-refractivity contribution in [3.8, 4) is 6.07 Å². The fourth-order valence-corrected chi connectivity index (χ4v) is 5.33. The molecule has 2 atom stereocenters. The van der Waals surface area contributed by atoms with Crippen LogP contribution in [0.5, 0.6) is 0 Å². The van der Waals surface area contributed by atoms with Crippen molar-refractivity contribution in [3.63, 3.8) is 0 Å². The number of hydrogen-bond donors (Lipinski definition) is 0. The van der Waals surface area contributed by atoms with Gasteiger partial charge >= 0.3 is 5.70 Å². The summed E-state index contributed by atoms with van der Waals surface area (Å²) in [4.78, 5) is 13.2. The van der Waals surface area contributed by atoms with E-state index in [1.807, 2.05) is 0 Å². The molecule has 0 radical (unpaired) electrons.